The highest BCUT2D eigenvalue weighted by atomic mass is 35.5. The van der Waals surface area contributed by atoms with Gasteiger partial charge < -0.3 is 16.0 Å². The number of benzene rings is 2. The van der Waals surface area contributed by atoms with Crippen LogP contribution in [0.1, 0.15) is 100 Å². The van der Waals surface area contributed by atoms with Crippen molar-refractivity contribution >= 4 is 35.8 Å². The van der Waals surface area contributed by atoms with Gasteiger partial charge in [-0.1, -0.05) is 56.6 Å². The predicted molar refractivity (Wildman–Crippen MR) is 173 cm³/mol. The van der Waals surface area contributed by atoms with Crippen LogP contribution >= 0.6 is 11.6 Å². The molecule has 3 atom stereocenters. The molecule has 7 nitrogen and oxygen atoms in total. The molecule has 234 valence electrons. The molecule has 9 heteroatoms. The highest BCUT2D eigenvalue weighted by molar-refractivity contribution is 6.31. The molecule has 0 radical (unpaired) electrons. The van der Waals surface area contributed by atoms with E-state index in [0.717, 1.165) is 50.4 Å². The maximum absolute atomic E-state index is 14.2. The van der Waals surface area contributed by atoms with Crippen molar-refractivity contribution in [1.29, 1.82) is 5.41 Å². The molecule has 0 saturated heterocycles. The molecule has 0 bridgehead atoms. The molecule has 3 unspecified atom stereocenters. The van der Waals surface area contributed by atoms with Gasteiger partial charge >= 0.3 is 0 Å². The Balaban J connectivity index is 0.000000765. The first kappa shape index (κ1) is 34.4. The molecule has 2 aliphatic rings. The predicted octanol–water partition coefficient (Wildman–Crippen LogP) is 7.17. The monoisotopic (exact) mass is 611 g/mol. The highest BCUT2D eigenvalue weighted by Crippen LogP contribution is 2.52. The SMILES string of the molecule is C/C(=N\C1(N(C=O)C(CCC2(C)CC2)c2ccc(C=O)cc2)CC(C)CC(C)C1)c1cc(F)cc(Cl)c1.CNCC(=N)N. The summed E-state index contributed by atoms with van der Waals surface area (Å²) in [5.41, 5.74) is 7.40. The van der Waals surface area contributed by atoms with Gasteiger partial charge in [-0.05, 0) is 105 Å². The second kappa shape index (κ2) is 15.1. The molecule has 4 rings (SSSR count). The minimum atomic E-state index is -0.764. The Morgan fingerprint density at radius 3 is 2.28 bits per heavy atom. The third kappa shape index (κ3) is 9.70. The fourth-order valence-electron chi connectivity index (χ4n) is 6.42. The maximum atomic E-state index is 14.2. The highest BCUT2D eigenvalue weighted by Gasteiger charge is 2.46. The lowest BCUT2D eigenvalue weighted by molar-refractivity contribution is -0.131. The molecular weight excluding hydrogens is 565 g/mol. The van der Waals surface area contributed by atoms with E-state index < -0.39 is 11.5 Å². The van der Waals surface area contributed by atoms with Crippen molar-refractivity contribution in [1.82, 2.24) is 10.2 Å². The van der Waals surface area contributed by atoms with Crippen molar-refractivity contribution in [2.75, 3.05) is 13.6 Å². The third-order valence-corrected chi connectivity index (χ3v) is 8.91. The van der Waals surface area contributed by atoms with E-state index in [1.165, 1.54) is 25.0 Å². The quantitative estimate of drug-likeness (QED) is 0.134. The second-order valence-electron chi connectivity index (χ2n) is 12.9. The van der Waals surface area contributed by atoms with Gasteiger partial charge in [0.25, 0.3) is 0 Å². The van der Waals surface area contributed by atoms with E-state index in [1.807, 2.05) is 36.1 Å². The Hall–Kier alpha value is -3.10. The zero-order valence-corrected chi connectivity index (χ0v) is 26.9. The zero-order valence-electron chi connectivity index (χ0n) is 26.1. The first-order valence-electron chi connectivity index (χ1n) is 15.1. The van der Waals surface area contributed by atoms with Crippen LogP contribution in [0.2, 0.25) is 5.02 Å². The van der Waals surface area contributed by atoms with Crippen molar-refractivity contribution in [3.8, 4) is 0 Å². The summed E-state index contributed by atoms with van der Waals surface area (Å²) in [6, 6.07) is 11.8. The second-order valence-corrected chi connectivity index (χ2v) is 13.3. The van der Waals surface area contributed by atoms with Crippen LogP contribution in [0.5, 0.6) is 0 Å². The molecule has 43 heavy (non-hydrogen) atoms. The number of nitrogens with zero attached hydrogens (tertiary/aromatic N) is 2. The number of rotatable bonds is 12. The van der Waals surface area contributed by atoms with E-state index in [4.69, 9.17) is 27.7 Å². The van der Waals surface area contributed by atoms with Crippen LogP contribution in [-0.4, -0.2) is 48.4 Å². The van der Waals surface area contributed by atoms with Gasteiger partial charge in [-0.2, -0.15) is 0 Å². The minimum absolute atomic E-state index is 0.178. The number of nitrogens with one attached hydrogen (secondary N) is 2. The lowest BCUT2D eigenvalue weighted by Crippen LogP contribution is -2.53. The smallest absolute Gasteiger partial charge is 0.212 e. The Bertz CT molecular complexity index is 1260. The number of hydrogen-bond acceptors (Lipinski definition) is 5. The fourth-order valence-corrected chi connectivity index (χ4v) is 6.64. The van der Waals surface area contributed by atoms with Crippen LogP contribution in [0, 0.1) is 28.5 Å². The first-order valence-corrected chi connectivity index (χ1v) is 15.5. The molecule has 2 aliphatic carbocycles. The lowest BCUT2D eigenvalue weighted by Gasteiger charge is -2.49. The van der Waals surface area contributed by atoms with Crippen molar-refractivity contribution in [2.45, 2.75) is 84.3 Å². The van der Waals surface area contributed by atoms with Gasteiger partial charge in [0.2, 0.25) is 6.41 Å². The van der Waals surface area contributed by atoms with Crippen molar-refractivity contribution in [3.05, 3.63) is 70.0 Å². The average molecular weight is 612 g/mol. The number of carbonyl (C=O) groups excluding carboxylic acids is 2. The van der Waals surface area contributed by atoms with E-state index in [1.54, 1.807) is 13.1 Å². The Labute approximate surface area is 261 Å². The summed E-state index contributed by atoms with van der Waals surface area (Å²) in [7, 11) is 1.75. The molecule has 4 N–H and O–H groups in total. The summed E-state index contributed by atoms with van der Waals surface area (Å²) in [6.07, 6.45) is 8.60. The molecule has 2 aromatic rings. The summed E-state index contributed by atoms with van der Waals surface area (Å²) in [4.78, 5) is 31.5. The topological polar surface area (TPSA) is 112 Å². The van der Waals surface area contributed by atoms with Crippen LogP contribution in [-0.2, 0) is 4.79 Å². The Kier molecular flexibility index (Phi) is 12.0. The van der Waals surface area contributed by atoms with Crippen LogP contribution in [0.3, 0.4) is 0 Å². The molecule has 2 aromatic carbocycles. The van der Waals surface area contributed by atoms with Gasteiger partial charge in [0.05, 0.1) is 12.6 Å². The van der Waals surface area contributed by atoms with Gasteiger partial charge in [-0.25, -0.2) is 4.39 Å². The summed E-state index contributed by atoms with van der Waals surface area (Å²) in [6.45, 7) is 9.10. The van der Waals surface area contributed by atoms with Crippen molar-refractivity contribution in [3.63, 3.8) is 0 Å². The van der Waals surface area contributed by atoms with E-state index in [0.29, 0.717) is 45.7 Å². The molecule has 1 amide bonds. The number of aldehydes is 1. The number of likely N-dealkylation sites (N-methyl/N-ethyl adjacent to an activating group) is 1. The standard InChI is InChI=1S/C31H38ClFN2O2.C3H9N3/c1-21-13-22(2)18-31(17-21,34-23(3)26-14-27(32)16-28(33)15-26)35(20-37)29(9-10-30(4)11-12-30)25-7-5-24(19-36)6-8-25;1-6-2-3(4)5/h5-8,14-16,19-22,29H,9-13,17-18H2,1-4H3;6H,2H2,1H3,(H3,4,5)/b34-23+;. The fraction of sp³-hybridized carbons (Fsp3) is 0.529. The number of aliphatic imine (C=N–C) groups is 1. The summed E-state index contributed by atoms with van der Waals surface area (Å²) < 4.78 is 14.2. The van der Waals surface area contributed by atoms with Gasteiger partial charge in [0.1, 0.15) is 23.6 Å². The Morgan fingerprint density at radius 2 is 1.81 bits per heavy atom. The van der Waals surface area contributed by atoms with Crippen molar-refractivity contribution in [2.24, 2.45) is 28.0 Å². The van der Waals surface area contributed by atoms with E-state index >= 15 is 0 Å². The summed E-state index contributed by atoms with van der Waals surface area (Å²) in [5.74, 6) is 0.516. The molecular formula is C34H47ClFN5O2. The lowest BCUT2D eigenvalue weighted by atomic mass is 9.74. The van der Waals surface area contributed by atoms with Gasteiger partial charge in [0.15, 0.2) is 0 Å². The maximum Gasteiger partial charge on any atom is 0.212 e. The first-order chi connectivity index (χ1) is 20.3. The van der Waals surface area contributed by atoms with Crippen molar-refractivity contribution < 1.29 is 14.0 Å². The van der Waals surface area contributed by atoms with Gasteiger partial charge in [0, 0.05) is 16.3 Å². The molecule has 0 aromatic heterocycles. The van der Waals surface area contributed by atoms with Crippen LogP contribution in [0.15, 0.2) is 47.5 Å². The summed E-state index contributed by atoms with van der Waals surface area (Å²) >= 11 is 6.17. The third-order valence-electron chi connectivity index (χ3n) is 8.69. The number of amidine groups is 1. The number of halogens is 2. The van der Waals surface area contributed by atoms with Gasteiger partial charge in [-0.15, -0.1) is 0 Å². The Morgan fingerprint density at radius 1 is 1.19 bits per heavy atom. The molecule has 0 aliphatic heterocycles. The minimum Gasteiger partial charge on any atom is -0.387 e. The number of amides is 1. The normalized spacial score (nSPS) is 23.4. The number of nitrogens with two attached hydrogens (primary N) is 1. The van der Waals surface area contributed by atoms with Crippen LogP contribution < -0.4 is 11.1 Å². The largest absolute Gasteiger partial charge is 0.387 e. The number of hydrogen-bond donors (Lipinski definition) is 3. The molecule has 2 saturated carbocycles. The van der Waals surface area contributed by atoms with E-state index in [-0.39, 0.29) is 11.9 Å². The van der Waals surface area contributed by atoms with Crippen LogP contribution in [0.25, 0.3) is 0 Å². The molecule has 0 spiro atoms. The molecule has 0 heterocycles. The zero-order chi connectivity index (χ0) is 31.8. The van der Waals surface area contributed by atoms with E-state index in [9.17, 15) is 14.0 Å². The number of carbonyl (C=O) groups is 2. The molecule has 2 fully saturated rings. The summed E-state index contributed by atoms with van der Waals surface area (Å²) in [5, 5.41) is 9.65. The average Bonchev–Trinajstić information content (AvgIpc) is 3.67. The van der Waals surface area contributed by atoms with Crippen LogP contribution in [0.4, 0.5) is 4.39 Å². The van der Waals surface area contributed by atoms with Gasteiger partial charge in [-0.3, -0.25) is 20.0 Å². The van der Waals surface area contributed by atoms with E-state index in [2.05, 4.69) is 26.1 Å².